The van der Waals surface area contributed by atoms with Crippen molar-refractivity contribution < 1.29 is 27.2 Å². The van der Waals surface area contributed by atoms with Gasteiger partial charge in [0, 0.05) is 23.5 Å². The normalized spacial score (nSPS) is 14.7. The third-order valence-corrected chi connectivity index (χ3v) is 3.97. The lowest BCUT2D eigenvalue weighted by molar-refractivity contribution is -0.131. The Bertz CT molecular complexity index is 798. The van der Waals surface area contributed by atoms with E-state index in [0.29, 0.717) is 0 Å². The molecule has 1 aliphatic rings. The molecule has 0 spiro atoms. The molecule has 1 fully saturated rings. The first kappa shape index (κ1) is 16.9. The van der Waals surface area contributed by atoms with Gasteiger partial charge in [-0.3, -0.25) is 9.59 Å². The van der Waals surface area contributed by atoms with E-state index in [-0.39, 0.29) is 24.2 Å². The van der Waals surface area contributed by atoms with Gasteiger partial charge in [-0.15, -0.1) is 0 Å². The van der Waals surface area contributed by atoms with Gasteiger partial charge >= 0.3 is 0 Å². The molecule has 2 aromatic carbocycles. The van der Waals surface area contributed by atoms with E-state index in [9.17, 15) is 27.2 Å². The zero-order valence-electron chi connectivity index (χ0n) is 12.7. The molecule has 2 aromatic rings. The minimum absolute atomic E-state index is 0.0100. The molecule has 4 nitrogen and oxygen atoms in total. The lowest BCUT2D eigenvalue weighted by Crippen LogP contribution is -2.35. The third-order valence-electron chi connectivity index (χ3n) is 3.97. The van der Waals surface area contributed by atoms with Crippen LogP contribution in [0.3, 0.4) is 0 Å². The fourth-order valence-corrected chi connectivity index (χ4v) is 2.33. The topological polar surface area (TPSA) is 58.2 Å². The monoisotopic (exact) mass is 352 g/mol. The largest absolute Gasteiger partial charge is 0.325 e. The lowest BCUT2D eigenvalue weighted by atomic mass is 10.0. The molecule has 0 heterocycles. The first-order valence-electron chi connectivity index (χ1n) is 7.35. The summed E-state index contributed by atoms with van der Waals surface area (Å²) in [5.74, 6) is -5.75. The lowest BCUT2D eigenvalue weighted by Gasteiger charge is -2.15. The SMILES string of the molecule is O=C(Nc1ccc(F)c(F)c1)C1(C(=O)Nc2ccc(F)c(F)c2)CC1. The van der Waals surface area contributed by atoms with Crippen LogP contribution in [0.2, 0.25) is 0 Å². The van der Waals surface area contributed by atoms with Crippen molar-refractivity contribution in [3.8, 4) is 0 Å². The Morgan fingerprint density at radius 2 is 1.12 bits per heavy atom. The van der Waals surface area contributed by atoms with Gasteiger partial charge in [0.05, 0.1) is 0 Å². The number of nitrogens with one attached hydrogen (secondary N) is 2. The maximum Gasteiger partial charge on any atom is 0.240 e. The van der Waals surface area contributed by atoms with Crippen LogP contribution in [0.15, 0.2) is 36.4 Å². The molecule has 0 aromatic heterocycles. The zero-order valence-corrected chi connectivity index (χ0v) is 12.7. The van der Waals surface area contributed by atoms with Gasteiger partial charge in [0.2, 0.25) is 11.8 Å². The summed E-state index contributed by atoms with van der Waals surface area (Å²) in [5.41, 5.74) is -1.36. The maximum absolute atomic E-state index is 13.2. The minimum Gasteiger partial charge on any atom is -0.325 e. The molecule has 0 saturated heterocycles. The fourth-order valence-electron chi connectivity index (χ4n) is 2.33. The average Bonchev–Trinajstić information content (AvgIpc) is 3.36. The molecule has 0 aliphatic heterocycles. The first-order chi connectivity index (χ1) is 11.8. The van der Waals surface area contributed by atoms with Crippen molar-refractivity contribution in [1.29, 1.82) is 0 Å². The van der Waals surface area contributed by atoms with Crippen molar-refractivity contribution in [2.45, 2.75) is 12.8 Å². The van der Waals surface area contributed by atoms with Crippen LogP contribution in [0.1, 0.15) is 12.8 Å². The number of hydrogen-bond acceptors (Lipinski definition) is 2. The molecule has 1 aliphatic carbocycles. The summed E-state index contributed by atoms with van der Waals surface area (Å²) in [6, 6.07) is 5.64. The molecular formula is C17H12F4N2O2. The third kappa shape index (κ3) is 3.33. The Hall–Kier alpha value is -2.90. The number of carbonyl (C=O) groups is 2. The van der Waals surface area contributed by atoms with Gasteiger partial charge in [0.1, 0.15) is 5.41 Å². The van der Waals surface area contributed by atoms with E-state index in [1.165, 1.54) is 12.1 Å². The van der Waals surface area contributed by atoms with E-state index in [1.54, 1.807) is 0 Å². The van der Waals surface area contributed by atoms with Crippen LogP contribution in [0.5, 0.6) is 0 Å². The molecule has 0 bridgehead atoms. The van der Waals surface area contributed by atoms with Crippen LogP contribution in [0.25, 0.3) is 0 Å². The van der Waals surface area contributed by atoms with E-state index < -0.39 is 40.5 Å². The van der Waals surface area contributed by atoms with Crippen LogP contribution in [-0.4, -0.2) is 11.8 Å². The molecule has 3 rings (SSSR count). The van der Waals surface area contributed by atoms with Crippen molar-refractivity contribution in [1.82, 2.24) is 0 Å². The van der Waals surface area contributed by atoms with Crippen molar-refractivity contribution in [3.05, 3.63) is 59.7 Å². The average molecular weight is 352 g/mol. The van der Waals surface area contributed by atoms with Crippen LogP contribution >= 0.6 is 0 Å². The van der Waals surface area contributed by atoms with E-state index >= 15 is 0 Å². The highest BCUT2D eigenvalue weighted by atomic mass is 19.2. The predicted octanol–water partition coefficient (Wildman–Crippen LogP) is 3.60. The number of anilines is 2. The molecule has 0 unspecified atom stereocenters. The number of carbonyl (C=O) groups excluding carboxylic acids is 2. The number of amides is 2. The summed E-state index contributed by atoms with van der Waals surface area (Å²) in [6.45, 7) is 0. The molecule has 0 atom stereocenters. The summed E-state index contributed by atoms with van der Waals surface area (Å²) in [4.78, 5) is 24.6. The van der Waals surface area contributed by atoms with Crippen molar-refractivity contribution in [2.75, 3.05) is 10.6 Å². The quantitative estimate of drug-likeness (QED) is 0.653. The predicted molar refractivity (Wildman–Crippen MR) is 81.6 cm³/mol. The summed E-state index contributed by atoms with van der Waals surface area (Å²) in [6.07, 6.45) is 0.496. The van der Waals surface area contributed by atoms with Gasteiger partial charge in [-0.2, -0.15) is 0 Å². The minimum atomic E-state index is -1.38. The molecule has 2 amide bonds. The Kier molecular flexibility index (Phi) is 4.20. The number of rotatable bonds is 4. The Labute approximate surface area is 139 Å². The van der Waals surface area contributed by atoms with E-state index in [4.69, 9.17) is 0 Å². The number of hydrogen-bond donors (Lipinski definition) is 2. The Balaban J connectivity index is 1.72. The van der Waals surface area contributed by atoms with Crippen molar-refractivity contribution in [2.24, 2.45) is 5.41 Å². The van der Waals surface area contributed by atoms with Crippen LogP contribution < -0.4 is 10.6 Å². The summed E-state index contributed by atoms with van der Waals surface area (Å²) in [7, 11) is 0. The highest BCUT2D eigenvalue weighted by molar-refractivity contribution is 6.16. The highest BCUT2D eigenvalue weighted by Gasteiger charge is 2.56. The second kappa shape index (κ2) is 6.19. The van der Waals surface area contributed by atoms with Crippen LogP contribution in [0, 0.1) is 28.7 Å². The highest BCUT2D eigenvalue weighted by Crippen LogP contribution is 2.47. The molecule has 130 valence electrons. The Morgan fingerprint density at radius 1 is 0.720 bits per heavy atom. The standard InChI is InChI=1S/C17H12F4N2O2/c18-11-3-1-9(7-13(11)20)22-15(24)17(5-6-17)16(25)23-10-2-4-12(19)14(21)8-10/h1-4,7-8H,5-6H2,(H,22,24)(H,23,25). The maximum atomic E-state index is 13.2. The van der Waals surface area contributed by atoms with Gasteiger partial charge in [-0.05, 0) is 37.1 Å². The van der Waals surface area contributed by atoms with E-state index in [0.717, 1.165) is 24.3 Å². The molecule has 0 radical (unpaired) electrons. The summed E-state index contributed by atoms with van der Waals surface area (Å²) in [5, 5.41) is 4.72. The smallest absolute Gasteiger partial charge is 0.240 e. The van der Waals surface area contributed by atoms with Gasteiger partial charge in [0.25, 0.3) is 0 Å². The van der Waals surface area contributed by atoms with Crippen LogP contribution in [-0.2, 0) is 9.59 Å². The number of benzene rings is 2. The van der Waals surface area contributed by atoms with E-state index in [1.807, 2.05) is 0 Å². The first-order valence-corrected chi connectivity index (χ1v) is 7.35. The Morgan fingerprint density at radius 3 is 1.44 bits per heavy atom. The summed E-state index contributed by atoms with van der Waals surface area (Å²) < 4.78 is 52.2. The molecular weight excluding hydrogens is 340 g/mol. The van der Waals surface area contributed by atoms with Gasteiger partial charge in [-0.1, -0.05) is 0 Å². The molecule has 1 saturated carbocycles. The van der Waals surface area contributed by atoms with Gasteiger partial charge in [0.15, 0.2) is 23.3 Å². The van der Waals surface area contributed by atoms with Gasteiger partial charge < -0.3 is 10.6 Å². The fraction of sp³-hybridized carbons (Fsp3) is 0.176. The summed E-state index contributed by atoms with van der Waals surface area (Å²) >= 11 is 0. The van der Waals surface area contributed by atoms with Gasteiger partial charge in [-0.25, -0.2) is 17.6 Å². The van der Waals surface area contributed by atoms with E-state index in [2.05, 4.69) is 10.6 Å². The number of halogens is 4. The molecule has 2 N–H and O–H groups in total. The second-order valence-electron chi connectivity index (χ2n) is 5.75. The molecule has 25 heavy (non-hydrogen) atoms. The van der Waals surface area contributed by atoms with Crippen LogP contribution in [0.4, 0.5) is 28.9 Å². The van der Waals surface area contributed by atoms with Crippen molar-refractivity contribution >= 4 is 23.2 Å². The second-order valence-corrected chi connectivity index (χ2v) is 5.75. The molecule has 8 heteroatoms. The van der Waals surface area contributed by atoms with Crippen molar-refractivity contribution in [3.63, 3.8) is 0 Å². The zero-order chi connectivity index (χ0) is 18.2.